The molecule has 0 saturated carbocycles. The summed E-state index contributed by atoms with van der Waals surface area (Å²) < 4.78 is 0. The van der Waals surface area contributed by atoms with Gasteiger partial charge in [0.25, 0.3) is 0 Å². The van der Waals surface area contributed by atoms with Crippen molar-refractivity contribution in [2.24, 2.45) is 11.5 Å². The fourth-order valence-electron chi connectivity index (χ4n) is 1.01. The number of nitrogens with two attached hydrogens (primary N) is 2. The molecule has 0 aromatic rings. The Hall–Kier alpha value is -1.25. The molecule has 0 spiro atoms. The number of nitrogens with one attached hydrogen (secondary N) is 2. The first-order valence-corrected chi connectivity index (χ1v) is 5.64. The molecule has 0 radical (unpaired) electrons. The first-order chi connectivity index (χ1) is 7.97. The van der Waals surface area contributed by atoms with Gasteiger partial charge in [0.1, 0.15) is 6.04 Å². The van der Waals surface area contributed by atoms with Gasteiger partial charge in [-0.25, -0.2) is 0 Å². The van der Waals surface area contributed by atoms with E-state index in [0.29, 0.717) is 24.6 Å². The summed E-state index contributed by atoms with van der Waals surface area (Å²) in [4.78, 5) is 20.3. The first kappa shape index (κ1) is 15.8. The Balaban J connectivity index is 0.000000318. The molecule has 1 aliphatic rings. The van der Waals surface area contributed by atoms with Crippen molar-refractivity contribution in [2.45, 2.75) is 25.3 Å². The van der Waals surface area contributed by atoms with Gasteiger partial charge >= 0.3 is 5.97 Å². The van der Waals surface area contributed by atoms with Crippen LogP contribution in [0.2, 0.25) is 0 Å². The minimum atomic E-state index is -0.933. The number of carboxylic acids is 1. The van der Waals surface area contributed by atoms with E-state index in [1.54, 1.807) is 0 Å². The third-order valence-electron chi connectivity index (χ3n) is 1.95. The van der Waals surface area contributed by atoms with Gasteiger partial charge in [0.15, 0.2) is 5.11 Å². The van der Waals surface area contributed by atoms with E-state index in [1.165, 1.54) is 0 Å². The number of thiocarbonyl (C=S) groups is 1. The first-order valence-electron chi connectivity index (χ1n) is 5.23. The maximum Gasteiger partial charge on any atom is 0.320 e. The van der Waals surface area contributed by atoms with Crippen LogP contribution in [-0.4, -0.2) is 41.2 Å². The van der Waals surface area contributed by atoms with Crippen LogP contribution in [0.3, 0.4) is 0 Å². The molecule has 7 N–H and O–H groups in total. The number of unbranched alkanes of at least 4 members (excludes halogenated alkanes) is 1. The summed E-state index contributed by atoms with van der Waals surface area (Å²) in [7, 11) is 0. The molecule has 1 heterocycles. The fraction of sp³-hybridized carbons (Fsp3) is 0.667. The molecule has 0 aromatic carbocycles. The van der Waals surface area contributed by atoms with Gasteiger partial charge in [-0.15, -0.1) is 0 Å². The molecule has 1 saturated heterocycles. The van der Waals surface area contributed by atoms with Gasteiger partial charge in [-0.1, -0.05) is 6.42 Å². The lowest BCUT2D eigenvalue weighted by Gasteiger charge is -2.03. The van der Waals surface area contributed by atoms with E-state index in [-0.39, 0.29) is 5.91 Å². The molecular weight excluding hydrogens is 244 g/mol. The number of aliphatic carboxylic acids is 1. The van der Waals surface area contributed by atoms with Crippen LogP contribution in [0.4, 0.5) is 0 Å². The van der Waals surface area contributed by atoms with Crippen molar-refractivity contribution in [2.75, 3.05) is 13.1 Å². The predicted octanol–water partition coefficient (Wildman–Crippen LogP) is -1.48. The van der Waals surface area contributed by atoms with E-state index < -0.39 is 12.0 Å². The van der Waals surface area contributed by atoms with Crippen molar-refractivity contribution >= 4 is 29.2 Å². The summed E-state index contributed by atoms with van der Waals surface area (Å²) in [6, 6.07) is -0.716. The van der Waals surface area contributed by atoms with Crippen molar-refractivity contribution in [1.29, 1.82) is 0 Å². The number of carbonyl (C=O) groups excluding carboxylic acids is 1. The van der Waals surface area contributed by atoms with E-state index in [1.807, 2.05) is 0 Å². The van der Waals surface area contributed by atoms with Crippen molar-refractivity contribution in [1.82, 2.24) is 10.6 Å². The lowest BCUT2D eigenvalue weighted by molar-refractivity contribution is -0.138. The smallest absolute Gasteiger partial charge is 0.320 e. The number of hydrogen-bond donors (Lipinski definition) is 5. The van der Waals surface area contributed by atoms with Gasteiger partial charge in [0, 0.05) is 0 Å². The molecule has 0 bridgehead atoms. The molecule has 98 valence electrons. The molecule has 1 rings (SSSR count). The van der Waals surface area contributed by atoms with E-state index in [0.717, 1.165) is 12.8 Å². The minimum absolute atomic E-state index is 0.0509. The standard InChI is InChI=1S/C6H14N2O2.C3H4N2OS/c7-4-2-1-3-5(8)6(9)10;6-2-1-4-3(7)5-2/h5H,1-4,7-8H2,(H,9,10);1H2,(H2,4,5,6,7). The topological polar surface area (TPSA) is 130 Å². The predicted molar refractivity (Wildman–Crippen MR) is 67.3 cm³/mol. The molecule has 1 aliphatic heterocycles. The average molecular weight is 262 g/mol. The Kier molecular flexibility index (Phi) is 8.20. The van der Waals surface area contributed by atoms with Gasteiger partial charge in [-0.3, -0.25) is 9.59 Å². The van der Waals surface area contributed by atoms with Gasteiger partial charge in [0.2, 0.25) is 5.91 Å². The van der Waals surface area contributed by atoms with Crippen LogP contribution in [0.1, 0.15) is 19.3 Å². The number of hydrogen-bond acceptors (Lipinski definition) is 5. The van der Waals surface area contributed by atoms with Crippen molar-refractivity contribution in [3.8, 4) is 0 Å². The van der Waals surface area contributed by atoms with Crippen LogP contribution in [0.5, 0.6) is 0 Å². The molecule has 1 fully saturated rings. The summed E-state index contributed by atoms with van der Waals surface area (Å²) in [5.74, 6) is -0.984. The molecule has 0 aliphatic carbocycles. The van der Waals surface area contributed by atoms with Gasteiger partial charge in [-0.05, 0) is 31.6 Å². The minimum Gasteiger partial charge on any atom is -0.480 e. The van der Waals surface area contributed by atoms with Gasteiger partial charge < -0.3 is 27.2 Å². The van der Waals surface area contributed by atoms with Crippen LogP contribution in [0.15, 0.2) is 0 Å². The van der Waals surface area contributed by atoms with Gasteiger partial charge in [-0.2, -0.15) is 0 Å². The van der Waals surface area contributed by atoms with E-state index in [4.69, 9.17) is 16.6 Å². The highest BCUT2D eigenvalue weighted by molar-refractivity contribution is 7.80. The molecular formula is C9H18N4O3S. The monoisotopic (exact) mass is 262 g/mol. The number of carboxylic acid groups (broad SMARTS) is 1. The van der Waals surface area contributed by atoms with Crippen LogP contribution in [0.25, 0.3) is 0 Å². The third-order valence-corrected chi connectivity index (χ3v) is 2.20. The van der Waals surface area contributed by atoms with Gasteiger partial charge in [0.05, 0.1) is 6.54 Å². The highest BCUT2D eigenvalue weighted by atomic mass is 32.1. The van der Waals surface area contributed by atoms with E-state index >= 15 is 0 Å². The highest BCUT2D eigenvalue weighted by Gasteiger charge is 2.10. The maximum atomic E-state index is 10.2. The zero-order valence-corrected chi connectivity index (χ0v) is 10.3. The quantitative estimate of drug-likeness (QED) is 0.301. The molecule has 1 amide bonds. The second-order valence-electron chi connectivity index (χ2n) is 3.46. The largest absolute Gasteiger partial charge is 0.480 e. The number of amides is 1. The second-order valence-corrected chi connectivity index (χ2v) is 3.87. The summed E-state index contributed by atoms with van der Waals surface area (Å²) in [5.41, 5.74) is 10.4. The summed E-state index contributed by atoms with van der Waals surface area (Å²) in [6.07, 6.45) is 2.16. The lowest BCUT2D eigenvalue weighted by Crippen LogP contribution is -2.29. The zero-order chi connectivity index (χ0) is 13.3. The number of rotatable bonds is 5. The highest BCUT2D eigenvalue weighted by Crippen LogP contribution is 1.96. The molecule has 7 nitrogen and oxygen atoms in total. The maximum absolute atomic E-state index is 10.2. The Morgan fingerprint density at radius 2 is 2.18 bits per heavy atom. The van der Waals surface area contributed by atoms with Crippen LogP contribution >= 0.6 is 12.2 Å². The normalized spacial score (nSPS) is 15.4. The molecule has 0 aromatic heterocycles. The SMILES string of the molecule is NCCCCC(N)C(=O)O.O=C1CNC(=S)N1. The van der Waals surface area contributed by atoms with Crippen molar-refractivity contribution in [3.63, 3.8) is 0 Å². The molecule has 8 heteroatoms. The summed E-state index contributed by atoms with van der Waals surface area (Å²) >= 11 is 4.55. The zero-order valence-electron chi connectivity index (χ0n) is 9.44. The Morgan fingerprint density at radius 3 is 2.47 bits per heavy atom. The van der Waals surface area contributed by atoms with Crippen LogP contribution in [-0.2, 0) is 9.59 Å². The molecule has 1 unspecified atom stereocenters. The molecule has 17 heavy (non-hydrogen) atoms. The average Bonchev–Trinajstić information content (AvgIpc) is 2.63. The van der Waals surface area contributed by atoms with Crippen LogP contribution < -0.4 is 22.1 Å². The lowest BCUT2D eigenvalue weighted by atomic mass is 10.1. The fourth-order valence-corrected chi connectivity index (χ4v) is 1.19. The van der Waals surface area contributed by atoms with Crippen LogP contribution in [0, 0.1) is 0 Å². The Labute approximate surface area is 105 Å². The Morgan fingerprint density at radius 1 is 1.53 bits per heavy atom. The van der Waals surface area contributed by atoms with Crippen molar-refractivity contribution < 1.29 is 14.7 Å². The number of carbonyl (C=O) groups is 2. The summed E-state index contributed by atoms with van der Waals surface area (Å²) in [5, 5.41) is 13.8. The second kappa shape index (κ2) is 8.85. The van der Waals surface area contributed by atoms with E-state index in [9.17, 15) is 9.59 Å². The molecule has 1 atom stereocenters. The van der Waals surface area contributed by atoms with E-state index in [2.05, 4.69) is 22.9 Å². The van der Waals surface area contributed by atoms with Crippen molar-refractivity contribution in [3.05, 3.63) is 0 Å². The third kappa shape index (κ3) is 8.55. The Bertz CT molecular complexity index is 271. The summed E-state index contributed by atoms with van der Waals surface area (Å²) in [6.45, 7) is 0.936.